The number of aromatic nitrogens is 4. The van der Waals surface area contributed by atoms with Gasteiger partial charge in [-0.15, -0.1) is 0 Å². The van der Waals surface area contributed by atoms with E-state index >= 15 is 0 Å². The van der Waals surface area contributed by atoms with Gasteiger partial charge in [0.25, 0.3) is 0 Å². The fourth-order valence-corrected chi connectivity index (χ4v) is 2.89. The highest BCUT2D eigenvalue weighted by Crippen LogP contribution is 2.22. The predicted molar refractivity (Wildman–Crippen MR) is 98.4 cm³/mol. The number of nitrogens with one attached hydrogen (secondary N) is 1. The minimum Gasteiger partial charge on any atom is -0.444 e. The van der Waals surface area contributed by atoms with Gasteiger partial charge in [-0.3, -0.25) is 9.69 Å². The van der Waals surface area contributed by atoms with Gasteiger partial charge in [0.2, 0.25) is 5.91 Å². The van der Waals surface area contributed by atoms with Crippen LogP contribution in [-0.4, -0.2) is 54.8 Å². The van der Waals surface area contributed by atoms with Crippen molar-refractivity contribution in [3.05, 3.63) is 31.0 Å². The summed E-state index contributed by atoms with van der Waals surface area (Å²) in [6.07, 6.45) is 6.41. The van der Waals surface area contributed by atoms with E-state index in [1.165, 1.54) is 15.9 Å². The summed E-state index contributed by atoms with van der Waals surface area (Å²) in [5.41, 5.74) is -0.0463. The van der Waals surface area contributed by atoms with Gasteiger partial charge >= 0.3 is 6.09 Å². The maximum Gasteiger partial charge on any atom is 0.410 e. The van der Waals surface area contributed by atoms with E-state index in [9.17, 15) is 9.59 Å². The molecule has 9 nitrogen and oxygen atoms in total. The molecule has 1 fully saturated rings. The number of carbonyl (C=O) groups is 2. The van der Waals surface area contributed by atoms with Crippen molar-refractivity contribution in [1.82, 2.24) is 24.6 Å². The van der Waals surface area contributed by atoms with Gasteiger partial charge in [0.1, 0.15) is 24.3 Å². The molecule has 0 aliphatic carbocycles. The van der Waals surface area contributed by atoms with Gasteiger partial charge in [0, 0.05) is 6.54 Å². The van der Waals surface area contributed by atoms with E-state index in [2.05, 4.69) is 20.4 Å². The lowest BCUT2D eigenvalue weighted by Gasteiger charge is -2.35. The smallest absolute Gasteiger partial charge is 0.410 e. The van der Waals surface area contributed by atoms with Crippen molar-refractivity contribution in [2.45, 2.75) is 51.7 Å². The second-order valence-electron chi connectivity index (χ2n) is 7.42. The summed E-state index contributed by atoms with van der Waals surface area (Å²) in [7, 11) is 0. The van der Waals surface area contributed by atoms with E-state index in [4.69, 9.17) is 4.74 Å². The van der Waals surface area contributed by atoms with Gasteiger partial charge in [-0.05, 0) is 52.2 Å². The molecule has 1 aliphatic heterocycles. The van der Waals surface area contributed by atoms with Crippen LogP contribution in [0.5, 0.6) is 0 Å². The number of hydrogen-bond acceptors (Lipinski definition) is 6. The molecular weight excluding hydrogens is 348 g/mol. The van der Waals surface area contributed by atoms with Crippen LogP contribution in [0.1, 0.15) is 40.0 Å². The van der Waals surface area contributed by atoms with Crippen LogP contribution >= 0.6 is 0 Å². The largest absolute Gasteiger partial charge is 0.444 e. The minimum atomic E-state index is -0.601. The summed E-state index contributed by atoms with van der Waals surface area (Å²) < 4.78 is 6.97. The first kappa shape index (κ1) is 18.8. The molecule has 3 heterocycles. The summed E-state index contributed by atoms with van der Waals surface area (Å²) in [5, 5.41) is 6.84. The van der Waals surface area contributed by atoms with E-state index < -0.39 is 17.7 Å². The Morgan fingerprint density at radius 2 is 2.07 bits per heavy atom. The molecule has 0 saturated carbocycles. The summed E-state index contributed by atoms with van der Waals surface area (Å²) in [4.78, 5) is 34.8. The van der Waals surface area contributed by atoms with Crippen LogP contribution < -0.4 is 5.32 Å². The zero-order valence-corrected chi connectivity index (χ0v) is 15.8. The number of nitrogens with zero attached hydrogens (tertiary/aromatic N) is 5. The molecule has 0 aromatic carbocycles. The molecule has 1 unspecified atom stereocenters. The monoisotopic (exact) mass is 372 g/mol. The van der Waals surface area contributed by atoms with Gasteiger partial charge in [0.15, 0.2) is 5.82 Å². The molecule has 1 atom stereocenters. The van der Waals surface area contributed by atoms with Gasteiger partial charge in [0.05, 0.1) is 11.9 Å². The van der Waals surface area contributed by atoms with Crippen molar-refractivity contribution in [2.75, 3.05) is 11.9 Å². The number of ether oxygens (including phenoxy) is 1. The van der Waals surface area contributed by atoms with E-state index in [0.717, 1.165) is 12.8 Å². The Kier molecular flexibility index (Phi) is 5.38. The molecule has 1 aliphatic rings. The lowest BCUT2D eigenvalue weighted by atomic mass is 10.0. The average molecular weight is 372 g/mol. The van der Waals surface area contributed by atoms with E-state index in [1.54, 1.807) is 24.7 Å². The number of carbonyl (C=O) groups excluding carboxylic acids is 2. The summed E-state index contributed by atoms with van der Waals surface area (Å²) in [6.45, 7) is 5.95. The summed E-state index contributed by atoms with van der Waals surface area (Å²) in [6, 6.07) is 2.92. The molecule has 1 saturated heterocycles. The Morgan fingerprint density at radius 3 is 2.70 bits per heavy atom. The molecule has 27 heavy (non-hydrogen) atoms. The number of hydrogen-bond donors (Lipinski definition) is 1. The highest BCUT2D eigenvalue weighted by molar-refractivity contribution is 5.96. The Morgan fingerprint density at radius 1 is 1.26 bits per heavy atom. The Labute approximate surface area is 157 Å². The number of rotatable bonds is 3. The maximum absolute atomic E-state index is 12.7. The summed E-state index contributed by atoms with van der Waals surface area (Å²) >= 11 is 0. The number of likely N-dealkylation sites (tertiary alicyclic amines) is 1. The second-order valence-corrected chi connectivity index (χ2v) is 7.42. The number of pyridine rings is 1. The van der Waals surface area contributed by atoms with Crippen LogP contribution in [-0.2, 0) is 9.53 Å². The Bertz CT molecular complexity index is 782. The van der Waals surface area contributed by atoms with Crippen LogP contribution in [0.25, 0.3) is 5.82 Å². The molecule has 144 valence electrons. The molecule has 0 radical (unpaired) electrons. The van der Waals surface area contributed by atoms with Gasteiger partial charge in [-0.2, -0.15) is 5.10 Å². The molecule has 1 N–H and O–H groups in total. The van der Waals surface area contributed by atoms with E-state index in [-0.39, 0.29) is 5.91 Å². The molecule has 0 spiro atoms. The molecular formula is C18H24N6O3. The van der Waals surface area contributed by atoms with E-state index in [1.807, 2.05) is 20.8 Å². The minimum absolute atomic E-state index is 0.240. The van der Waals surface area contributed by atoms with Crippen LogP contribution in [0.15, 0.2) is 31.0 Å². The van der Waals surface area contributed by atoms with Crippen LogP contribution in [0.3, 0.4) is 0 Å². The third-order valence-corrected chi connectivity index (χ3v) is 4.10. The standard InChI is InChI=1S/C18H24N6O3/c1-18(2,3)27-17(26)23-9-5-4-6-14(23)16(25)22-13-7-8-15(20-10-13)24-12-19-11-21-24/h7-8,10-12,14H,4-6,9H2,1-3H3,(H,22,25). The summed E-state index contributed by atoms with van der Waals surface area (Å²) in [5.74, 6) is 0.356. The highest BCUT2D eigenvalue weighted by Gasteiger charge is 2.34. The number of piperidine rings is 1. The van der Waals surface area contributed by atoms with Gasteiger partial charge in [-0.1, -0.05) is 0 Å². The molecule has 2 amide bonds. The average Bonchev–Trinajstić information content (AvgIpc) is 3.15. The topological polar surface area (TPSA) is 102 Å². The lowest BCUT2D eigenvalue weighted by Crippen LogP contribution is -2.51. The first-order valence-electron chi connectivity index (χ1n) is 8.95. The number of anilines is 1. The third-order valence-electron chi connectivity index (χ3n) is 4.10. The van der Waals surface area contributed by atoms with Crippen molar-refractivity contribution in [1.29, 1.82) is 0 Å². The third kappa shape index (κ3) is 4.81. The highest BCUT2D eigenvalue weighted by atomic mass is 16.6. The zero-order valence-electron chi connectivity index (χ0n) is 15.8. The fourth-order valence-electron chi connectivity index (χ4n) is 2.89. The molecule has 0 bridgehead atoms. The fraction of sp³-hybridized carbons (Fsp3) is 0.500. The quantitative estimate of drug-likeness (QED) is 0.887. The van der Waals surface area contributed by atoms with E-state index in [0.29, 0.717) is 24.5 Å². The Balaban J connectivity index is 1.67. The van der Waals surface area contributed by atoms with Crippen molar-refractivity contribution in [3.63, 3.8) is 0 Å². The van der Waals surface area contributed by atoms with Crippen molar-refractivity contribution in [2.24, 2.45) is 0 Å². The second kappa shape index (κ2) is 7.73. The van der Waals surface area contributed by atoms with Crippen LogP contribution in [0.2, 0.25) is 0 Å². The molecule has 2 aromatic rings. The Hall–Kier alpha value is -2.97. The van der Waals surface area contributed by atoms with Crippen molar-refractivity contribution >= 4 is 17.7 Å². The van der Waals surface area contributed by atoms with Crippen molar-refractivity contribution in [3.8, 4) is 5.82 Å². The van der Waals surface area contributed by atoms with Crippen LogP contribution in [0.4, 0.5) is 10.5 Å². The van der Waals surface area contributed by atoms with Crippen LogP contribution in [0, 0.1) is 0 Å². The maximum atomic E-state index is 12.7. The molecule has 2 aromatic heterocycles. The van der Waals surface area contributed by atoms with Gasteiger partial charge in [-0.25, -0.2) is 19.4 Å². The normalized spacial score (nSPS) is 17.4. The first-order chi connectivity index (χ1) is 12.8. The zero-order chi connectivity index (χ0) is 19.4. The lowest BCUT2D eigenvalue weighted by molar-refractivity contribution is -0.122. The predicted octanol–water partition coefficient (Wildman–Crippen LogP) is 2.39. The van der Waals surface area contributed by atoms with Gasteiger partial charge < -0.3 is 10.1 Å². The first-order valence-corrected chi connectivity index (χ1v) is 8.95. The molecule has 9 heteroatoms. The SMILES string of the molecule is CC(C)(C)OC(=O)N1CCCCC1C(=O)Nc1ccc(-n2cncn2)nc1. The van der Waals surface area contributed by atoms with Crippen molar-refractivity contribution < 1.29 is 14.3 Å². The molecule has 3 rings (SSSR count). The number of amides is 2.